The van der Waals surface area contributed by atoms with Crippen LogP contribution in [-0.4, -0.2) is 0 Å². The van der Waals surface area contributed by atoms with Gasteiger partial charge in [-0.15, -0.1) is 0 Å². The zero-order valence-electron chi connectivity index (χ0n) is 15.2. The Bertz CT molecular complexity index is 942. The molecule has 0 saturated carbocycles. The Labute approximate surface area is 153 Å². The molecule has 0 bridgehead atoms. The molecule has 1 atom stereocenters. The summed E-state index contributed by atoms with van der Waals surface area (Å²) >= 11 is 0. The fourth-order valence-electron chi connectivity index (χ4n) is 4.20. The lowest BCUT2D eigenvalue weighted by molar-refractivity contribution is 0.535. The van der Waals surface area contributed by atoms with Crippen molar-refractivity contribution in [3.05, 3.63) is 82.4 Å². The topological polar surface area (TPSA) is 0 Å². The van der Waals surface area contributed by atoms with E-state index >= 15 is 4.39 Å². The second kappa shape index (κ2) is 7.19. The first-order chi connectivity index (χ1) is 12.7. The van der Waals surface area contributed by atoms with E-state index in [0.717, 1.165) is 54.2 Å². The van der Waals surface area contributed by atoms with E-state index in [2.05, 4.69) is 25.1 Å². The Kier molecular flexibility index (Phi) is 4.76. The Morgan fingerprint density at radius 3 is 2.69 bits per heavy atom. The van der Waals surface area contributed by atoms with E-state index in [9.17, 15) is 4.39 Å². The predicted molar refractivity (Wildman–Crippen MR) is 104 cm³/mol. The molecule has 0 aliphatic heterocycles. The van der Waals surface area contributed by atoms with Crippen LogP contribution in [0.15, 0.2) is 48.5 Å². The van der Waals surface area contributed by atoms with Crippen molar-refractivity contribution in [2.75, 3.05) is 0 Å². The van der Waals surface area contributed by atoms with Gasteiger partial charge in [0.15, 0.2) is 0 Å². The minimum atomic E-state index is -0.182. The quantitative estimate of drug-likeness (QED) is 0.489. The standard InChI is InChI=1S/C24H24F2/c1-2-3-4-16-5-11-22-19(13-16)9-12-23(24(22)26)20-7-6-18-15-21(25)10-8-17(18)14-20/h5,8-13,15,20H,2-4,6-7,14H2,1H3. The van der Waals surface area contributed by atoms with Gasteiger partial charge in [0.1, 0.15) is 11.6 Å². The maximum atomic E-state index is 15.2. The minimum absolute atomic E-state index is 0.0832. The lowest BCUT2D eigenvalue weighted by Crippen LogP contribution is -2.14. The zero-order chi connectivity index (χ0) is 18.1. The first kappa shape index (κ1) is 17.2. The van der Waals surface area contributed by atoms with Crippen LogP contribution in [0.3, 0.4) is 0 Å². The molecule has 0 N–H and O–H groups in total. The van der Waals surface area contributed by atoms with Crippen molar-refractivity contribution in [2.45, 2.75) is 51.4 Å². The smallest absolute Gasteiger partial charge is 0.134 e. The predicted octanol–water partition coefficient (Wildman–Crippen LogP) is 6.73. The second-order valence-corrected chi connectivity index (χ2v) is 7.48. The number of benzene rings is 3. The van der Waals surface area contributed by atoms with Crippen molar-refractivity contribution in [3.8, 4) is 0 Å². The van der Waals surface area contributed by atoms with E-state index in [-0.39, 0.29) is 17.6 Å². The number of hydrogen-bond donors (Lipinski definition) is 0. The first-order valence-corrected chi connectivity index (χ1v) is 9.64. The van der Waals surface area contributed by atoms with E-state index in [4.69, 9.17) is 0 Å². The summed E-state index contributed by atoms with van der Waals surface area (Å²) in [5.41, 5.74) is 4.30. The van der Waals surface area contributed by atoms with Crippen molar-refractivity contribution in [2.24, 2.45) is 0 Å². The average Bonchev–Trinajstić information content (AvgIpc) is 2.66. The van der Waals surface area contributed by atoms with Crippen LogP contribution in [0.1, 0.15) is 54.4 Å². The summed E-state index contributed by atoms with van der Waals surface area (Å²) in [5, 5.41) is 1.70. The van der Waals surface area contributed by atoms with Gasteiger partial charge in [0, 0.05) is 5.39 Å². The van der Waals surface area contributed by atoms with Gasteiger partial charge >= 0.3 is 0 Å². The van der Waals surface area contributed by atoms with Gasteiger partial charge in [0.05, 0.1) is 0 Å². The molecule has 2 heteroatoms. The molecule has 0 heterocycles. The fraction of sp³-hybridized carbons (Fsp3) is 0.333. The van der Waals surface area contributed by atoms with E-state index in [0.29, 0.717) is 5.39 Å². The van der Waals surface area contributed by atoms with Gasteiger partial charge in [-0.05, 0) is 77.8 Å². The van der Waals surface area contributed by atoms with Gasteiger partial charge in [0.25, 0.3) is 0 Å². The number of hydrogen-bond acceptors (Lipinski definition) is 0. The highest BCUT2D eigenvalue weighted by Crippen LogP contribution is 2.36. The molecule has 0 spiro atoms. The van der Waals surface area contributed by atoms with E-state index in [1.54, 1.807) is 6.07 Å². The van der Waals surface area contributed by atoms with Crippen LogP contribution in [0, 0.1) is 11.6 Å². The van der Waals surface area contributed by atoms with Crippen molar-refractivity contribution >= 4 is 10.8 Å². The SMILES string of the molecule is CCCCc1ccc2c(F)c(C3CCc4cc(F)ccc4C3)ccc2c1. The molecule has 4 rings (SSSR count). The minimum Gasteiger partial charge on any atom is -0.207 e. The van der Waals surface area contributed by atoms with Gasteiger partial charge < -0.3 is 0 Å². The van der Waals surface area contributed by atoms with Crippen LogP contribution in [0.25, 0.3) is 10.8 Å². The summed E-state index contributed by atoms with van der Waals surface area (Å²) in [6.07, 6.45) is 5.84. The highest BCUT2D eigenvalue weighted by atomic mass is 19.1. The lowest BCUT2D eigenvalue weighted by atomic mass is 9.79. The number of halogens is 2. The summed E-state index contributed by atoms with van der Waals surface area (Å²) in [6.45, 7) is 2.18. The van der Waals surface area contributed by atoms with E-state index < -0.39 is 0 Å². The molecular formula is C24H24F2. The van der Waals surface area contributed by atoms with Crippen molar-refractivity contribution in [1.82, 2.24) is 0 Å². The summed E-state index contributed by atoms with van der Waals surface area (Å²) < 4.78 is 28.6. The molecular weight excluding hydrogens is 326 g/mol. The van der Waals surface area contributed by atoms with Gasteiger partial charge in [-0.1, -0.05) is 49.7 Å². The molecule has 0 saturated heterocycles. The van der Waals surface area contributed by atoms with Gasteiger partial charge in [-0.25, -0.2) is 8.78 Å². The van der Waals surface area contributed by atoms with Gasteiger partial charge in [0.2, 0.25) is 0 Å². The maximum absolute atomic E-state index is 15.2. The maximum Gasteiger partial charge on any atom is 0.134 e. The largest absolute Gasteiger partial charge is 0.207 e. The second-order valence-electron chi connectivity index (χ2n) is 7.48. The molecule has 0 aromatic heterocycles. The van der Waals surface area contributed by atoms with Crippen molar-refractivity contribution < 1.29 is 8.78 Å². The average molecular weight is 350 g/mol. The molecule has 134 valence electrons. The molecule has 0 fully saturated rings. The lowest BCUT2D eigenvalue weighted by Gasteiger charge is -2.25. The Morgan fingerprint density at radius 2 is 1.85 bits per heavy atom. The molecule has 0 nitrogen and oxygen atoms in total. The number of aryl methyl sites for hydroxylation is 2. The first-order valence-electron chi connectivity index (χ1n) is 9.64. The Balaban J connectivity index is 1.65. The molecule has 3 aromatic carbocycles. The normalized spacial score (nSPS) is 16.7. The molecule has 0 radical (unpaired) electrons. The third-order valence-electron chi connectivity index (χ3n) is 5.70. The highest BCUT2D eigenvalue weighted by Gasteiger charge is 2.23. The monoisotopic (exact) mass is 350 g/mol. The number of unbranched alkanes of at least 4 members (excludes halogenated alkanes) is 1. The summed E-state index contributed by atoms with van der Waals surface area (Å²) in [7, 11) is 0. The molecule has 0 amide bonds. The van der Waals surface area contributed by atoms with Gasteiger partial charge in [-0.2, -0.15) is 0 Å². The third kappa shape index (κ3) is 3.25. The number of rotatable bonds is 4. The number of fused-ring (bicyclic) bond motifs is 2. The Hall–Kier alpha value is -2.22. The van der Waals surface area contributed by atoms with Gasteiger partial charge in [-0.3, -0.25) is 0 Å². The zero-order valence-corrected chi connectivity index (χ0v) is 15.2. The van der Waals surface area contributed by atoms with Crippen LogP contribution in [0.4, 0.5) is 8.78 Å². The third-order valence-corrected chi connectivity index (χ3v) is 5.70. The fourth-order valence-corrected chi connectivity index (χ4v) is 4.20. The van der Waals surface area contributed by atoms with E-state index in [1.807, 2.05) is 18.2 Å². The van der Waals surface area contributed by atoms with E-state index in [1.165, 1.54) is 18.1 Å². The van der Waals surface area contributed by atoms with Crippen molar-refractivity contribution in [3.63, 3.8) is 0 Å². The van der Waals surface area contributed by atoms with Crippen LogP contribution in [0.5, 0.6) is 0 Å². The summed E-state index contributed by atoms with van der Waals surface area (Å²) in [5.74, 6) is -0.102. The van der Waals surface area contributed by atoms with Crippen LogP contribution >= 0.6 is 0 Å². The summed E-state index contributed by atoms with van der Waals surface area (Å²) in [4.78, 5) is 0. The molecule has 1 aliphatic carbocycles. The molecule has 3 aromatic rings. The Morgan fingerprint density at radius 1 is 0.962 bits per heavy atom. The van der Waals surface area contributed by atoms with Crippen LogP contribution < -0.4 is 0 Å². The molecule has 26 heavy (non-hydrogen) atoms. The van der Waals surface area contributed by atoms with Crippen LogP contribution in [-0.2, 0) is 19.3 Å². The molecule has 1 aliphatic rings. The van der Waals surface area contributed by atoms with Crippen molar-refractivity contribution in [1.29, 1.82) is 0 Å². The summed E-state index contributed by atoms with van der Waals surface area (Å²) in [6, 6.07) is 15.1. The molecule has 1 unspecified atom stereocenters. The van der Waals surface area contributed by atoms with Crippen LogP contribution in [0.2, 0.25) is 0 Å². The highest BCUT2D eigenvalue weighted by molar-refractivity contribution is 5.84.